The normalized spacial score (nSPS) is 11.6. The zero-order chi connectivity index (χ0) is 18.7. The fourth-order valence-corrected chi connectivity index (χ4v) is 3.40. The molecule has 2 N–H and O–H groups in total. The predicted octanol–water partition coefficient (Wildman–Crippen LogP) is 4.49. The molecule has 1 rings (SSSR count). The molecule has 1 aromatic rings. The lowest BCUT2D eigenvalue weighted by atomic mass is 10.1. The molecule has 0 aliphatic rings. The van der Waals surface area contributed by atoms with E-state index in [2.05, 4.69) is 12.2 Å². The van der Waals surface area contributed by atoms with Gasteiger partial charge in [0.15, 0.2) is 5.76 Å². The van der Waals surface area contributed by atoms with Crippen LogP contribution in [0.15, 0.2) is 15.4 Å². The Morgan fingerprint density at radius 2 is 1.56 bits per heavy atom. The summed E-state index contributed by atoms with van der Waals surface area (Å²) in [6.07, 6.45) is 12.2. The molecular formula is C18H31NO5S. The van der Waals surface area contributed by atoms with Crippen LogP contribution in [0.4, 0.5) is 0 Å². The second-order valence-corrected chi connectivity index (χ2v) is 7.83. The van der Waals surface area contributed by atoms with Gasteiger partial charge in [0.25, 0.3) is 16.0 Å². The molecule has 7 heteroatoms. The van der Waals surface area contributed by atoms with E-state index in [1.54, 1.807) is 0 Å². The molecule has 0 bridgehead atoms. The summed E-state index contributed by atoms with van der Waals surface area (Å²) in [4.78, 5) is 11.6. The highest BCUT2D eigenvalue weighted by Gasteiger charge is 2.21. The summed E-state index contributed by atoms with van der Waals surface area (Å²) < 4.78 is 36.3. The number of furan rings is 1. The Morgan fingerprint density at radius 3 is 2.04 bits per heavy atom. The van der Waals surface area contributed by atoms with Crippen molar-refractivity contribution < 1.29 is 22.2 Å². The first-order chi connectivity index (χ1) is 11.9. The third-order valence-corrected chi connectivity index (χ3v) is 5.15. The van der Waals surface area contributed by atoms with Gasteiger partial charge >= 0.3 is 0 Å². The van der Waals surface area contributed by atoms with Gasteiger partial charge in [0.05, 0.1) is 0 Å². The molecule has 0 aromatic carbocycles. The Labute approximate surface area is 151 Å². The van der Waals surface area contributed by atoms with Gasteiger partial charge in [-0.2, -0.15) is 8.42 Å². The van der Waals surface area contributed by atoms with Crippen LogP contribution in [0.3, 0.4) is 0 Å². The highest BCUT2D eigenvalue weighted by atomic mass is 32.2. The average Bonchev–Trinajstić information content (AvgIpc) is 2.94. The van der Waals surface area contributed by atoms with Gasteiger partial charge in [-0.15, -0.1) is 0 Å². The summed E-state index contributed by atoms with van der Waals surface area (Å²) in [5.41, 5.74) is 0. The summed E-state index contributed by atoms with van der Waals surface area (Å²) in [6.45, 7) is 4.14. The van der Waals surface area contributed by atoms with Crippen LogP contribution in [-0.2, 0) is 10.1 Å². The van der Waals surface area contributed by atoms with Gasteiger partial charge in [0.2, 0.25) is 0 Å². The lowest BCUT2D eigenvalue weighted by molar-refractivity contribution is 0.0924. The molecule has 1 aromatic heterocycles. The minimum atomic E-state index is -4.37. The molecule has 144 valence electrons. The van der Waals surface area contributed by atoms with Crippen molar-refractivity contribution in [1.82, 2.24) is 5.32 Å². The number of nitrogens with one attached hydrogen (secondary N) is 1. The van der Waals surface area contributed by atoms with E-state index in [1.165, 1.54) is 51.9 Å². The zero-order valence-corrected chi connectivity index (χ0v) is 16.2. The van der Waals surface area contributed by atoms with Crippen molar-refractivity contribution in [3.8, 4) is 0 Å². The quantitative estimate of drug-likeness (QED) is 0.392. The highest BCUT2D eigenvalue weighted by molar-refractivity contribution is 7.85. The smallest absolute Gasteiger partial charge is 0.298 e. The SMILES string of the molecule is CCCCCCCCCCCCNC(=O)c1cc(S(=O)(=O)O)c(C)o1. The lowest BCUT2D eigenvalue weighted by Gasteiger charge is -2.04. The minimum Gasteiger partial charge on any atom is -0.455 e. The molecule has 0 fully saturated rings. The summed E-state index contributed by atoms with van der Waals surface area (Å²) in [7, 11) is -4.37. The van der Waals surface area contributed by atoms with Crippen molar-refractivity contribution in [2.24, 2.45) is 0 Å². The molecule has 25 heavy (non-hydrogen) atoms. The Bertz CT molecular complexity index is 621. The molecule has 0 aliphatic heterocycles. The van der Waals surface area contributed by atoms with Crippen molar-refractivity contribution in [2.75, 3.05) is 6.54 Å². The molecule has 0 radical (unpaired) electrons. The molecule has 0 aliphatic carbocycles. The number of aryl methyl sites for hydroxylation is 1. The maximum absolute atomic E-state index is 11.9. The van der Waals surface area contributed by atoms with E-state index in [0.717, 1.165) is 25.3 Å². The van der Waals surface area contributed by atoms with E-state index >= 15 is 0 Å². The Morgan fingerprint density at radius 1 is 1.04 bits per heavy atom. The zero-order valence-electron chi connectivity index (χ0n) is 15.3. The van der Waals surface area contributed by atoms with Gasteiger partial charge in [-0.05, 0) is 13.3 Å². The Hall–Kier alpha value is -1.34. The molecule has 0 saturated carbocycles. The largest absolute Gasteiger partial charge is 0.455 e. The van der Waals surface area contributed by atoms with Crippen molar-refractivity contribution in [2.45, 2.75) is 83.0 Å². The maximum Gasteiger partial charge on any atom is 0.298 e. The molecule has 1 heterocycles. The second-order valence-electron chi connectivity index (χ2n) is 6.44. The van der Waals surface area contributed by atoms with E-state index < -0.39 is 16.0 Å². The molecule has 0 spiro atoms. The maximum atomic E-state index is 11.9. The molecule has 0 unspecified atom stereocenters. The third kappa shape index (κ3) is 8.54. The predicted molar refractivity (Wildman–Crippen MR) is 97.4 cm³/mol. The lowest BCUT2D eigenvalue weighted by Crippen LogP contribution is -2.23. The number of hydrogen-bond acceptors (Lipinski definition) is 4. The van der Waals surface area contributed by atoms with Crippen LogP contribution in [0.2, 0.25) is 0 Å². The molecular weight excluding hydrogens is 342 g/mol. The van der Waals surface area contributed by atoms with Gasteiger partial charge in [-0.1, -0.05) is 64.7 Å². The topological polar surface area (TPSA) is 96.6 Å². The van der Waals surface area contributed by atoms with Crippen LogP contribution in [0.5, 0.6) is 0 Å². The summed E-state index contributed by atoms with van der Waals surface area (Å²) >= 11 is 0. The highest BCUT2D eigenvalue weighted by Crippen LogP contribution is 2.19. The minimum absolute atomic E-state index is 0.00610. The van der Waals surface area contributed by atoms with E-state index in [-0.39, 0.29) is 16.4 Å². The van der Waals surface area contributed by atoms with Crippen LogP contribution in [-0.4, -0.2) is 25.4 Å². The van der Waals surface area contributed by atoms with E-state index in [9.17, 15) is 13.2 Å². The molecule has 6 nitrogen and oxygen atoms in total. The first kappa shape index (κ1) is 21.7. The van der Waals surface area contributed by atoms with Crippen LogP contribution in [0, 0.1) is 6.92 Å². The fraction of sp³-hybridized carbons (Fsp3) is 0.722. The first-order valence-corrected chi connectivity index (χ1v) is 10.7. The van der Waals surface area contributed by atoms with Gasteiger partial charge in [0.1, 0.15) is 10.7 Å². The number of carbonyl (C=O) groups is 1. The number of unbranched alkanes of at least 4 members (excludes halogenated alkanes) is 9. The Kier molecular flexibility index (Phi) is 9.82. The van der Waals surface area contributed by atoms with Gasteiger partial charge in [-0.3, -0.25) is 9.35 Å². The molecule has 0 atom stereocenters. The van der Waals surface area contributed by atoms with Crippen molar-refractivity contribution in [1.29, 1.82) is 0 Å². The average molecular weight is 374 g/mol. The van der Waals surface area contributed by atoms with Gasteiger partial charge < -0.3 is 9.73 Å². The monoisotopic (exact) mass is 373 g/mol. The second kappa shape index (κ2) is 11.3. The van der Waals surface area contributed by atoms with Crippen molar-refractivity contribution >= 4 is 16.0 Å². The number of carbonyl (C=O) groups excluding carboxylic acids is 1. The third-order valence-electron chi connectivity index (χ3n) is 4.19. The van der Waals surface area contributed by atoms with Crippen LogP contribution in [0.25, 0.3) is 0 Å². The summed E-state index contributed by atoms with van der Waals surface area (Å²) in [5, 5.41) is 2.71. The number of amides is 1. The summed E-state index contributed by atoms with van der Waals surface area (Å²) in [5.74, 6) is -0.558. The standard InChI is InChI=1S/C18H31NO5S/c1-3-4-5-6-7-8-9-10-11-12-13-19-18(20)16-14-17(15(2)24-16)25(21,22)23/h14H,3-13H2,1-2H3,(H,19,20)(H,21,22,23). The van der Waals surface area contributed by atoms with Crippen LogP contribution < -0.4 is 5.32 Å². The first-order valence-electron chi connectivity index (χ1n) is 9.22. The Balaban J connectivity index is 2.13. The molecule has 0 saturated heterocycles. The fourth-order valence-electron chi connectivity index (χ4n) is 2.73. The van der Waals surface area contributed by atoms with Crippen molar-refractivity contribution in [3.05, 3.63) is 17.6 Å². The number of rotatable bonds is 13. The van der Waals surface area contributed by atoms with Crippen molar-refractivity contribution in [3.63, 3.8) is 0 Å². The van der Waals surface area contributed by atoms with Gasteiger partial charge in [-0.25, -0.2) is 0 Å². The van der Waals surface area contributed by atoms with E-state index in [0.29, 0.717) is 6.54 Å². The summed E-state index contributed by atoms with van der Waals surface area (Å²) in [6, 6.07) is 1.05. The van der Waals surface area contributed by atoms with E-state index in [4.69, 9.17) is 8.97 Å². The van der Waals surface area contributed by atoms with Crippen LogP contribution >= 0.6 is 0 Å². The van der Waals surface area contributed by atoms with E-state index in [1.807, 2.05) is 0 Å². The van der Waals surface area contributed by atoms with Crippen LogP contribution in [0.1, 0.15) is 87.4 Å². The number of hydrogen-bond donors (Lipinski definition) is 2. The van der Waals surface area contributed by atoms with Gasteiger partial charge in [0, 0.05) is 12.6 Å². The molecule has 1 amide bonds.